The van der Waals surface area contributed by atoms with Gasteiger partial charge in [-0.25, -0.2) is 9.59 Å². The maximum atomic E-state index is 12.7. The van der Waals surface area contributed by atoms with Gasteiger partial charge in [-0.1, -0.05) is 36.4 Å². The van der Waals surface area contributed by atoms with Crippen LogP contribution < -0.4 is 4.90 Å². The highest BCUT2D eigenvalue weighted by atomic mass is 16.5. The molecule has 28 heavy (non-hydrogen) atoms. The predicted octanol–water partition coefficient (Wildman–Crippen LogP) is 4.21. The number of benzene rings is 2. The summed E-state index contributed by atoms with van der Waals surface area (Å²) in [7, 11) is 2.59. The fraction of sp³-hybridized carbons (Fsp3) is 0.217. The van der Waals surface area contributed by atoms with E-state index in [1.54, 1.807) is 29.3 Å². The highest BCUT2D eigenvalue weighted by Gasteiger charge is 2.30. The van der Waals surface area contributed by atoms with Gasteiger partial charge in [0.15, 0.2) is 0 Å². The number of hydrogen-bond donors (Lipinski definition) is 0. The number of carbonyl (C=O) groups is 2. The van der Waals surface area contributed by atoms with Crippen LogP contribution in [0.15, 0.2) is 72.1 Å². The fourth-order valence-electron chi connectivity index (χ4n) is 3.62. The number of ether oxygens (including phenoxy) is 2. The summed E-state index contributed by atoms with van der Waals surface area (Å²) in [6.07, 6.45) is 9.22. The van der Waals surface area contributed by atoms with Crippen LogP contribution in [0.2, 0.25) is 0 Å². The van der Waals surface area contributed by atoms with Crippen LogP contribution in [0, 0.1) is 0 Å². The van der Waals surface area contributed by atoms with E-state index in [0.29, 0.717) is 5.92 Å². The van der Waals surface area contributed by atoms with E-state index in [0.717, 1.165) is 16.5 Å². The second-order valence-electron chi connectivity index (χ2n) is 6.81. The molecule has 0 N–H and O–H groups in total. The second kappa shape index (κ2) is 7.35. The summed E-state index contributed by atoms with van der Waals surface area (Å²) in [6, 6.07) is 12.3. The molecule has 5 nitrogen and oxygen atoms in total. The monoisotopic (exact) mass is 375 g/mol. The molecule has 0 unspecified atom stereocenters. The van der Waals surface area contributed by atoms with Gasteiger partial charge in [0.2, 0.25) is 0 Å². The van der Waals surface area contributed by atoms with Crippen molar-refractivity contribution in [2.45, 2.75) is 18.8 Å². The zero-order valence-corrected chi connectivity index (χ0v) is 15.8. The van der Waals surface area contributed by atoms with Crippen molar-refractivity contribution in [1.29, 1.82) is 0 Å². The van der Waals surface area contributed by atoms with E-state index in [1.165, 1.54) is 32.6 Å². The van der Waals surface area contributed by atoms with Crippen LogP contribution in [0.1, 0.15) is 24.3 Å². The Morgan fingerprint density at radius 3 is 2.32 bits per heavy atom. The zero-order chi connectivity index (χ0) is 19.7. The van der Waals surface area contributed by atoms with Crippen LogP contribution in [-0.2, 0) is 19.1 Å². The molecule has 2 aromatic rings. The summed E-state index contributed by atoms with van der Waals surface area (Å²) >= 11 is 0. The van der Waals surface area contributed by atoms with Crippen molar-refractivity contribution in [2.24, 2.45) is 0 Å². The normalized spacial score (nSPS) is 16.3. The Hall–Kier alpha value is -3.34. The van der Waals surface area contributed by atoms with Crippen LogP contribution in [0.5, 0.6) is 0 Å². The van der Waals surface area contributed by atoms with Crippen molar-refractivity contribution in [2.75, 3.05) is 19.1 Å². The molecule has 2 aliphatic rings. The maximum Gasteiger partial charge on any atom is 0.355 e. The average molecular weight is 375 g/mol. The molecule has 0 atom stereocenters. The number of fused-ring (bicyclic) bond motifs is 1. The number of carbonyl (C=O) groups excluding carboxylic acids is 2. The summed E-state index contributed by atoms with van der Waals surface area (Å²) < 4.78 is 9.88. The van der Waals surface area contributed by atoms with Crippen LogP contribution >= 0.6 is 0 Å². The van der Waals surface area contributed by atoms with Gasteiger partial charge >= 0.3 is 11.9 Å². The lowest BCUT2D eigenvalue weighted by atomic mass is 9.98. The molecule has 0 bridgehead atoms. The fourth-order valence-corrected chi connectivity index (χ4v) is 3.62. The quantitative estimate of drug-likeness (QED) is 0.750. The Morgan fingerprint density at radius 2 is 1.64 bits per heavy atom. The predicted molar refractivity (Wildman–Crippen MR) is 108 cm³/mol. The molecule has 0 spiro atoms. The van der Waals surface area contributed by atoms with E-state index in [1.807, 2.05) is 24.3 Å². The molecule has 5 heteroatoms. The Balaban J connectivity index is 1.95. The van der Waals surface area contributed by atoms with Crippen LogP contribution in [0.4, 0.5) is 5.69 Å². The molecule has 0 saturated heterocycles. The lowest BCUT2D eigenvalue weighted by Gasteiger charge is -2.25. The zero-order valence-electron chi connectivity index (χ0n) is 15.8. The van der Waals surface area contributed by atoms with Gasteiger partial charge in [-0.3, -0.25) is 0 Å². The number of rotatable bonds is 4. The SMILES string of the molecule is COC(=O)C1=C(C(=O)OC)N(c2ccc(C3CC3)c3ccccc23)C=CC=C1. The van der Waals surface area contributed by atoms with Crippen LogP contribution in [0.25, 0.3) is 10.8 Å². The first kappa shape index (κ1) is 18.0. The third-order valence-corrected chi connectivity index (χ3v) is 5.10. The van der Waals surface area contributed by atoms with Crippen molar-refractivity contribution in [1.82, 2.24) is 0 Å². The number of anilines is 1. The summed E-state index contributed by atoms with van der Waals surface area (Å²) in [5.74, 6) is -0.599. The first-order valence-electron chi connectivity index (χ1n) is 9.22. The molecular weight excluding hydrogens is 354 g/mol. The molecule has 0 radical (unpaired) electrons. The van der Waals surface area contributed by atoms with E-state index >= 15 is 0 Å². The van der Waals surface area contributed by atoms with Crippen molar-refractivity contribution < 1.29 is 19.1 Å². The molecule has 1 saturated carbocycles. The maximum absolute atomic E-state index is 12.7. The largest absolute Gasteiger partial charge is 0.465 e. The first-order chi connectivity index (χ1) is 13.7. The number of hydrogen-bond acceptors (Lipinski definition) is 5. The van der Waals surface area contributed by atoms with Gasteiger partial charge in [0.1, 0.15) is 5.70 Å². The third-order valence-electron chi connectivity index (χ3n) is 5.10. The van der Waals surface area contributed by atoms with Gasteiger partial charge in [0, 0.05) is 11.6 Å². The molecular formula is C23H21NO4. The van der Waals surface area contributed by atoms with Crippen molar-refractivity contribution in [3.8, 4) is 0 Å². The summed E-state index contributed by atoms with van der Waals surface area (Å²) in [5, 5.41) is 2.18. The highest BCUT2D eigenvalue weighted by molar-refractivity contribution is 6.08. The number of esters is 2. The second-order valence-corrected chi connectivity index (χ2v) is 6.81. The standard InChI is InChI=1S/C23H21NO4/c1-27-22(25)19-9-5-6-14-24(21(19)23(26)28-2)20-13-12-16(15-10-11-15)17-7-3-4-8-18(17)20/h3-9,12-15H,10-11H2,1-2H3. The van der Waals surface area contributed by atoms with E-state index < -0.39 is 11.9 Å². The van der Waals surface area contributed by atoms with Gasteiger partial charge in [-0.05, 0) is 47.9 Å². The number of allylic oxidation sites excluding steroid dienone is 2. The molecule has 1 heterocycles. The third kappa shape index (κ3) is 3.09. The van der Waals surface area contributed by atoms with E-state index in [4.69, 9.17) is 9.47 Å². The van der Waals surface area contributed by atoms with Gasteiger partial charge in [-0.15, -0.1) is 0 Å². The average Bonchev–Trinajstić information content (AvgIpc) is 3.58. The Kier molecular flexibility index (Phi) is 4.74. The molecule has 1 aliphatic carbocycles. The van der Waals surface area contributed by atoms with E-state index in [-0.39, 0.29) is 11.3 Å². The summed E-state index contributed by atoms with van der Waals surface area (Å²) in [5.41, 5.74) is 2.41. The molecule has 0 aromatic heterocycles. The van der Waals surface area contributed by atoms with Gasteiger partial charge in [0.25, 0.3) is 0 Å². The molecule has 2 aromatic carbocycles. The molecule has 1 fully saturated rings. The van der Waals surface area contributed by atoms with E-state index in [9.17, 15) is 9.59 Å². The molecule has 0 amide bonds. The molecule has 1 aliphatic heterocycles. The highest BCUT2D eigenvalue weighted by Crippen LogP contribution is 2.45. The Labute approximate surface area is 163 Å². The lowest BCUT2D eigenvalue weighted by molar-refractivity contribution is -0.139. The van der Waals surface area contributed by atoms with Gasteiger partial charge < -0.3 is 14.4 Å². The molecule has 4 rings (SSSR count). The van der Waals surface area contributed by atoms with Crippen molar-refractivity contribution >= 4 is 28.4 Å². The topological polar surface area (TPSA) is 55.8 Å². The van der Waals surface area contributed by atoms with Crippen LogP contribution in [0.3, 0.4) is 0 Å². The van der Waals surface area contributed by atoms with Crippen molar-refractivity contribution in [3.63, 3.8) is 0 Å². The van der Waals surface area contributed by atoms with Gasteiger partial charge in [0.05, 0.1) is 25.5 Å². The minimum absolute atomic E-state index is 0.128. The van der Waals surface area contributed by atoms with E-state index in [2.05, 4.69) is 12.1 Å². The number of nitrogens with zero attached hydrogens (tertiary/aromatic N) is 1. The van der Waals surface area contributed by atoms with Gasteiger partial charge in [-0.2, -0.15) is 0 Å². The van der Waals surface area contributed by atoms with Crippen molar-refractivity contribution in [3.05, 3.63) is 77.7 Å². The minimum atomic E-state index is -0.605. The lowest BCUT2D eigenvalue weighted by Crippen LogP contribution is -2.27. The number of methoxy groups -OCH3 is 2. The molecule has 142 valence electrons. The summed E-state index contributed by atoms with van der Waals surface area (Å²) in [4.78, 5) is 26.7. The minimum Gasteiger partial charge on any atom is -0.465 e. The van der Waals surface area contributed by atoms with Crippen LogP contribution in [-0.4, -0.2) is 26.2 Å². The Bertz CT molecular complexity index is 1040. The summed E-state index contributed by atoms with van der Waals surface area (Å²) in [6.45, 7) is 0. The first-order valence-corrected chi connectivity index (χ1v) is 9.22. The smallest absolute Gasteiger partial charge is 0.355 e. The Morgan fingerprint density at radius 1 is 0.929 bits per heavy atom.